The number of amides is 2. The number of carbonyl (C=O) groups excluding carboxylic acids is 3. The number of hydrazone groups is 1. The predicted molar refractivity (Wildman–Crippen MR) is 112 cm³/mol. The molecule has 0 spiro atoms. The third kappa shape index (κ3) is 2.58. The van der Waals surface area contributed by atoms with Gasteiger partial charge in [0.25, 0.3) is 5.69 Å². The van der Waals surface area contributed by atoms with Crippen molar-refractivity contribution in [2.24, 2.45) is 16.9 Å². The van der Waals surface area contributed by atoms with Crippen LogP contribution in [0.1, 0.15) is 24.1 Å². The molecule has 2 saturated heterocycles. The molecule has 3 aliphatic rings. The van der Waals surface area contributed by atoms with Crippen LogP contribution < -0.4 is 9.64 Å². The van der Waals surface area contributed by atoms with Gasteiger partial charge in [-0.2, -0.15) is 5.10 Å². The standard InChI is InChI=1S/C22H18N4O6/c1-11(27)19-17-18(20-14-6-4-3-5-12(14)10-23-25(19)20)22(29)24(21(17)28)15-9-13(26(30)31)7-8-16(15)32-2/h3-10,17-20H,1-2H3/t17-,18+,19+,20+/m1/s1. The third-order valence-corrected chi connectivity index (χ3v) is 6.32. The number of non-ortho nitro benzene ring substituents is 1. The van der Waals surface area contributed by atoms with Crippen molar-refractivity contribution in [2.75, 3.05) is 12.0 Å². The summed E-state index contributed by atoms with van der Waals surface area (Å²) < 4.78 is 5.28. The molecule has 0 bridgehead atoms. The van der Waals surface area contributed by atoms with Crippen LogP contribution in [0, 0.1) is 22.0 Å². The van der Waals surface area contributed by atoms with E-state index in [1.165, 1.54) is 26.2 Å². The summed E-state index contributed by atoms with van der Waals surface area (Å²) in [6, 6.07) is 9.59. The summed E-state index contributed by atoms with van der Waals surface area (Å²) in [5.74, 6) is -3.09. The first-order valence-corrected chi connectivity index (χ1v) is 9.97. The Kier molecular flexibility index (Phi) is 4.33. The molecule has 0 N–H and O–H groups in total. The quantitative estimate of drug-likeness (QED) is 0.410. The molecule has 0 saturated carbocycles. The minimum atomic E-state index is -0.961. The average molecular weight is 434 g/mol. The van der Waals surface area contributed by atoms with Crippen LogP contribution in [0.25, 0.3) is 0 Å². The Hall–Kier alpha value is -4.08. The Morgan fingerprint density at radius 2 is 1.84 bits per heavy atom. The van der Waals surface area contributed by atoms with Gasteiger partial charge in [-0.25, -0.2) is 4.90 Å². The van der Waals surface area contributed by atoms with Crippen molar-refractivity contribution in [1.82, 2.24) is 5.01 Å². The van der Waals surface area contributed by atoms with Crippen LogP contribution in [0.5, 0.6) is 5.75 Å². The Morgan fingerprint density at radius 1 is 1.12 bits per heavy atom. The molecule has 5 rings (SSSR count). The molecule has 32 heavy (non-hydrogen) atoms. The highest BCUT2D eigenvalue weighted by molar-refractivity contribution is 6.24. The Bertz CT molecular complexity index is 1220. The van der Waals surface area contributed by atoms with Crippen molar-refractivity contribution < 1.29 is 24.0 Å². The minimum absolute atomic E-state index is 0.00690. The van der Waals surface area contributed by atoms with Gasteiger partial charge in [0, 0.05) is 12.1 Å². The van der Waals surface area contributed by atoms with E-state index in [4.69, 9.17) is 4.74 Å². The van der Waals surface area contributed by atoms with Crippen molar-refractivity contribution in [3.63, 3.8) is 0 Å². The molecule has 0 unspecified atom stereocenters. The van der Waals surface area contributed by atoms with Crippen molar-refractivity contribution in [1.29, 1.82) is 0 Å². The van der Waals surface area contributed by atoms with Crippen LogP contribution in [-0.2, 0) is 14.4 Å². The van der Waals surface area contributed by atoms with E-state index in [0.717, 1.165) is 22.1 Å². The van der Waals surface area contributed by atoms with Crippen LogP contribution in [0.3, 0.4) is 0 Å². The maximum Gasteiger partial charge on any atom is 0.271 e. The number of rotatable bonds is 4. The second kappa shape index (κ2) is 6.98. The van der Waals surface area contributed by atoms with E-state index in [1.54, 1.807) is 11.2 Å². The van der Waals surface area contributed by atoms with Gasteiger partial charge in [0.2, 0.25) is 11.8 Å². The van der Waals surface area contributed by atoms with Gasteiger partial charge in [-0.3, -0.25) is 29.5 Å². The second-order valence-electron chi connectivity index (χ2n) is 7.93. The first-order chi connectivity index (χ1) is 15.3. The van der Waals surface area contributed by atoms with E-state index in [2.05, 4.69) is 5.10 Å². The summed E-state index contributed by atoms with van der Waals surface area (Å²) in [5, 5.41) is 17.3. The van der Waals surface area contributed by atoms with Crippen molar-refractivity contribution >= 4 is 35.2 Å². The minimum Gasteiger partial charge on any atom is -0.495 e. The van der Waals surface area contributed by atoms with Crippen LogP contribution in [-0.4, -0.2) is 46.9 Å². The van der Waals surface area contributed by atoms with Crippen LogP contribution >= 0.6 is 0 Å². The van der Waals surface area contributed by atoms with Crippen molar-refractivity contribution in [3.8, 4) is 5.75 Å². The predicted octanol–water partition coefficient (Wildman–Crippen LogP) is 2.07. The largest absolute Gasteiger partial charge is 0.495 e. The molecule has 4 atom stereocenters. The Balaban J connectivity index is 1.66. The number of fused-ring (bicyclic) bond motifs is 5. The molecule has 2 fully saturated rings. The van der Waals surface area contributed by atoms with Crippen LogP contribution in [0.15, 0.2) is 47.6 Å². The summed E-state index contributed by atoms with van der Waals surface area (Å²) in [6.07, 6.45) is 1.62. The molecule has 10 heteroatoms. The molecule has 2 aromatic rings. The Labute approximate surface area is 182 Å². The maximum absolute atomic E-state index is 13.7. The van der Waals surface area contributed by atoms with Crippen molar-refractivity contribution in [3.05, 3.63) is 63.7 Å². The van der Waals surface area contributed by atoms with E-state index in [1.807, 2.05) is 24.3 Å². The van der Waals surface area contributed by atoms with Crippen molar-refractivity contribution in [2.45, 2.75) is 19.0 Å². The van der Waals surface area contributed by atoms with Gasteiger partial charge in [-0.1, -0.05) is 24.3 Å². The molecule has 0 aliphatic carbocycles. The lowest BCUT2D eigenvalue weighted by Crippen LogP contribution is -2.44. The maximum atomic E-state index is 13.7. The second-order valence-corrected chi connectivity index (χ2v) is 7.93. The fraction of sp³-hybridized carbons (Fsp3) is 0.273. The number of methoxy groups -OCH3 is 1. The zero-order valence-electron chi connectivity index (χ0n) is 17.2. The summed E-state index contributed by atoms with van der Waals surface area (Å²) in [6.45, 7) is 1.37. The van der Waals surface area contributed by atoms with E-state index in [0.29, 0.717) is 0 Å². The number of anilines is 1. The molecule has 162 valence electrons. The molecule has 10 nitrogen and oxygen atoms in total. The molecule has 2 aromatic carbocycles. The zero-order valence-corrected chi connectivity index (χ0v) is 17.2. The SMILES string of the molecule is COc1ccc([N+](=O)[O-])cc1N1C(=O)[C@@H]2[C@H](C1=O)[C@@H]1c3ccccc3C=NN1[C@H]2C(C)=O. The highest BCUT2D eigenvalue weighted by Crippen LogP contribution is 2.53. The molecule has 3 aliphatic heterocycles. The van der Waals surface area contributed by atoms with E-state index >= 15 is 0 Å². The highest BCUT2D eigenvalue weighted by atomic mass is 16.6. The molecular formula is C22H18N4O6. The monoisotopic (exact) mass is 434 g/mol. The smallest absolute Gasteiger partial charge is 0.271 e. The molecule has 0 radical (unpaired) electrons. The number of Topliss-reactive ketones (excluding diaryl/α,β-unsaturated/α-hetero) is 1. The van der Waals surface area contributed by atoms with E-state index in [-0.39, 0.29) is 22.9 Å². The van der Waals surface area contributed by atoms with Gasteiger partial charge in [-0.15, -0.1) is 0 Å². The topological polar surface area (TPSA) is 122 Å². The van der Waals surface area contributed by atoms with Gasteiger partial charge in [-0.05, 0) is 24.1 Å². The fourth-order valence-corrected chi connectivity index (χ4v) is 5.03. The summed E-state index contributed by atoms with van der Waals surface area (Å²) in [4.78, 5) is 51.5. The number of carbonyl (C=O) groups is 3. The number of hydrogen-bond donors (Lipinski definition) is 0. The van der Waals surface area contributed by atoms with E-state index < -0.39 is 40.7 Å². The first-order valence-electron chi connectivity index (χ1n) is 9.97. The zero-order chi connectivity index (χ0) is 22.7. The number of ether oxygens (including phenoxy) is 1. The van der Waals surface area contributed by atoms with Crippen LogP contribution in [0.2, 0.25) is 0 Å². The number of hydrogen-bond acceptors (Lipinski definition) is 8. The number of nitro groups is 1. The number of ketones is 1. The number of imide groups is 1. The normalized spacial score (nSPS) is 25.4. The molecular weight excluding hydrogens is 416 g/mol. The first kappa shape index (κ1) is 19.9. The van der Waals surface area contributed by atoms with Gasteiger partial charge >= 0.3 is 0 Å². The van der Waals surface area contributed by atoms with E-state index in [9.17, 15) is 24.5 Å². The van der Waals surface area contributed by atoms with Gasteiger partial charge < -0.3 is 4.74 Å². The molecule has 3 heterocycles. The summed E-state index contributed by atoms with van der Waals surface area (Å²) in [5.41, 5.74) is 1.32. The number of nitrogens with zero attached hydrogens (tertiary/aromatic N) is 4. The third-order valence-electron chi connectivity index (χ3n) is 6.32. The number of nitro benzene ring substituents is 1. The Morgan fingerprint density at radius 3 is 2.53 bits per heavy atom. The average Bonchev–Trinajstić information content (AvgIpc) is 3.26. The van der Waals surface area contributed by atoms with Gasteiger partial charge in [0.15, 0.2) is 5.78 Å². The van der Waals surface area contributed by atoms with Crippen LogP contribution in [0.4, 0.5) is 11.4 Å². The van der Waals surface area contributed by atoms with Gasteiger partial charge in [0.05, 0.1) is 36.1 Å². The number of benzene rings is 2. The summed E-state index contributed by atoms with van der Waals surface area (Å²) in [7, 11) is 1.35. The summed E-state index contributed by atoms with van der Waals surface area (Å²) >= 11 is 0. The lowest BCUT2D eigenvalue weighted by atomic mass is 9.84. The lowest BCUT2D eigenvalue weighted by Gasteiger charge is -2.33. The molecule has 0 aromatic heterocycles. The van der Waals surface area contributed by atoms with Gasteiger partial charge in [0.1, 0.15) is 17.5 Å². The lowest BCUT2D eigenvalue weighted by molar-refractivity contribution is -0.384. The fourth-order valence-electron chi connectivity index (χ4n) is 5.03. The molecule has 2 amide bonds. The highest BCUT2D eigenvalue weighted by Gasteiger charge is 2.65.